The summed E-state index contributed by atoms with van der Waals surface area (Å²) in [4.78, 5) is 8.37. The molecular formula is C8H16N2. The zero-order valence-electron chi connectivity index (χ0n) is 7.09. The highest BCUT2D eigenvalue weighted by molar-refractivity contribution is 5.88. The Balaban J connectivity index is 3.78. The Kier molecular flexibility index (Phi) is 6.03. The van der Waals surface area contributed by atoms with Gasteiger partial charge in [0, 0.05) is 19.2 Å². The van der Waals surface area contributed by atoms with Gasteiger partial charge in [-0.25, -0.2) is 4.99 Å². The maximum atomic E-state index is 4.27. The minimum absolute atomic E-state index is 0.903. The van der Waals surface area contributed by atoms with Crippen molar-refractivity contribution >= 4 is 12.1 Å². The molecule has 0 aromatic heterocycles. The van der Waals surface area contributed by atoms with Crippen LogP contribution >= 0.6 is 0 Å². The summed E-state index contributed by atoms with van der Waals surface area (Å²) in [5.41, 5.74) is 0. The first-order valence-electron chi connectivity index (χ1n) is 3.87. The van der Waals surface area contributed by atoms with E-state index in [4.69, 9.17) is 0 Å². The topological polar surface area (TPSA) is 24.7 Å². The van der Waals surface area contributed by atoms with Gasteiger partial charge in [-0.1, -0.05) is 13.8 Å². The molecule has 58 valence electrons. The number of aliphatic imine (C=N–C) groups is 2. The first-order chi connectivity index (χ1) is 4.85. The minimum Gasteiger partial charge on any atom is -0.271 e. The third-order valence-corrected chi connectivity index (χ3v) is 1.11. The molecule has 0 atom stereocenters. The van der Waals surface area contributed by atoms with Gasteiger partial charge in [-0.15, -0.1) is 0 Å². The molecule has 0 aliphatic rings. The quantitative estimate of drug-likeness (QED) is 0.424. The molecule has 0 amide bonds. The number of hydrogen-bond acceptors (Lipinski definition) is 1. The number of amidine groups is 1. The Morgan fingerprint density at radius 3 is 2.50 bits per heavy atom. The average molecular weight is 140 g/mol. The van der Waals surface area contributed by atoms with Gasteiger partial charge in [0.25, 0.3) is 0 Å². The van der Waals surface area contributed by atoms with Gasteiger partial charge in [-0.2, -0.15) is 0 Å². The van der Waals surface area contributed by atoms with E-state index < -0.39 is 0 Å². The van der Waals surface area contributed by atoms with Gasteiger partial charge in [0.15, 0.2) is 0 Å². The summed E-state index contributed by atoms with van der Waals surface area (Å²) in [7, 11) is 0. The Bertz CT molecular complexity index is 125. The zero-order chi connectivity index (χ0) is 7.82. The first-order valence-corrected chi connectivity index (χ1v) is 3.87. The molecule has 2 heteroatoms. The van der Waals surface area contributed by atoms with Gasteiger partial charge in [-0.05, 0) is 13.3 Å². The fourth-order valence-electron chi connectivity index (χ4n) is 0.634. The fraction of sp³-hybridized carbons (Fsp3) is 0.750. The standard InChI is InChI=1S/C8H16N2/c1-4-7-10-8(5-2)9-6-3/h6H,4-5,7H2,1-3H3. The van der Waals surface area contributed by atoms with Crippen LogP contribution < -0.4 is 0 Å². The van der Waals surface area contributed by atoms with Gasteiger partial charge >= 0.3 is 0 Å². The SMILES string of the molecule is CC=NC(CC)=NCCC. The lowest BCUT2D eigenvalue weighted by atomic mass is 10.4. The predicted molar refractivity (Wildman–Crippen MR) is 47.1 cm³/mol. The summed E-state index contributed by atoms with van der Waals surface area (Å²) in [5.74, 6) is 0.962. The summed E-state index contributed by atoms with van der Waals surface area (Å²) < 4.78 is 0. The molecule has 0 aromatic carbocycles. The molecule has 0 aromatic rings. The van der Waals surface area contributed by atoms with Crippen LogP contribution in [-0.4, -0.2) is 18.6 Å². The van der Waals surface area contributed by atoms with Gasteiger partial charge in [0.1, 0.15) is 5.84 Å². The van der Waals surface area contributed by atoms with Crippen molar-refractivity contribution in [3.63, 3.8) is 0 Å². The van der Waals surface area contributed by atoms with E-state index in [0.717, 1.165) is 25.2 Å². The van der Waals surface area contributed by atoms with Gasteiger partial charge in [0.05, 0.1) is 0 Å². The Labute approximate surface area is 63.1 Å². The minimum atomic E-state index is 0.903. The molecule has 0 heterocycles. The smallest absolute Gasteiger partial charge is 0.122 e. The predicted octanol–water partition coefficient (Wildman–Crippen LogP) is 2.30. The molecule has 10 heavy (non-hydrogen) atoms. The van der Waals surface area contributed by atoms with Crippen molar-refractivity contribution in [1.29, 1.82) is 0 Å². The van der Waals surface area contributed by atoms with Crippen molar-refractivity contribution in [2.75, 3.05) is 6.54 Å². The zero-order valence-corrected chi connectivity index (χ0v) is 7.09. The summed E-state index contributed by atoms with van der Waals surface area (Å²) in [6.07, 6.45) is 3.82. The second kappa shape index (κ2) is 6.46. The van der Waals surface area contributed by atoms with Gasteiger partial charge < -0.3 is 0 Å². The van der Waals surface area contributed by atoms with Gasteiger partial charge in [0.2, 0.25) is 0 Å². The summed E-state index contributed by atoms with van der Waals surface area (Å²) >= 11 is 0. The van der Waals surface area contributed by atoms with Crippen LogP contribution in [0.4, 0.5) is 0 Å². The van der Waals surface area contributed by atoms with Crippen LogP contribution in [0.2, 0.25) is 0 Å². The second-order valence-electron chi connectivity index (χ2n) is 2.04. The summed E-state index contributed by atoms with van der Waals surface area (Å²) in [5, 5.41) is 0. The average Bonchev–Trinajstić information content (AvgIpc) is 1.98. The lowest BCUT2D eigenvalue weighted by Gasteiger charge is -1.93. The van der Waals surface area contributed by atoms with Crippen LogP contribution in [0.5, 0.6) is 0 Å². The Hall–Kier alpha value is -0.660. The molecular weight excluding hydrogens is 124 g/mol. The Morgan fingerprint density at radius 2 is 2.10 bits per heavy atom. The third kappa shape index (κ3) is 4.24. The molecule has 0 aliphatic carbocycles. The lowest BCUT2D eigenvalue weighted by Crippen LogP contribution is -1.92. The van der Waals surface area contributed by atoms with Crippen molar-refractivity contribution in [1.82, 2.24) is 0 Å². The molecule has 0 bridgehead atoms. The maximum Gasteiger partial charge on any atom is 0.122 e. The molecule has 0 saturated carbocycles. The van der Waals surface area contributed by atoms with Gasteiger partial charge in [-0.3, -0.25) is 4.99 Å². The normalized spacial score (nSPS) is 12.9. The van der Waals surface area contributed by atoms with Crippen LogP contribution in [0.15, 0.2) is 9.98 Å². The highest BCUT2D eigenvalue weighted by atomic mass is 14.9. The van der Waals surface area contributed by atoms with E-state index in [9.17, 15) is 0 Å². The second-order valence-corrected chi connectivity index (χ2v) is 2.04. The van der Waals surface area contributed by atoms with E-state index in [2.05, 4.69) is 23.8 Å². The van der Waals surface area contributed by atoms with Crippen molar-refractivity contribution in [2.45, 2.75) is 33.6 Å². The largest absolute Gasteiger partial charge is 0.271 e. The molecule has 2 nitrogen and oxygen atoms in total. The van der Waals surface area contributed by atoms with Crippen molar-refractivity contribution in [2.24, 2.45) is 9.98 Å². The van der Waals surface area contributed by atoms with Crippen LogP contribution in [0, 0.1) is 0 Å². The summed E-state index contributed by atoms with van der Waals surface area (Å²) in [6, 6.07) is 0. The molecule has 0 fully saturated rings. The third-order valence-electron chi connectivity index (χ3n) is 1.11. The number of rotatable bonds is 3. The van der Waals surface area contributed by atoms with Crippen LogP contribution in [0.3, 0.4) is 0 Å². The van der Waals surface area contributed by atoms with E-state index in [-0.39, 0.29) is 0 Å². The highest BCUT2D eigenvalue weighted by Gasteiger charge is 1.87. The van der Waals surface area contributed by atoms with Crippen molar-refractivity contribution < 1.29 is 0 Å². The molecule has 0 saturated heterocycles. The van der Waals surface area contributed by atoms with Crippen LogP contribution in [0.1, 0.15) is 33.6 Å². The van der Waals surface area contributed by atoms with Crippen molar-refractivity contribution in [3.8, 4) is 0 Å². The van der Waals surface area contributed by atoms with Crippen LogP contribution in [0.25, 0.3) is 0 Å². The first kappa shape index (κ1) is 9.34. The number of hydrogen-bond donors (Lipinski definition) is 0. The fourth-order valence-corrected chi connectivity index (χ4v) is 0.634. The van der Waals surface area contributed by atoms with E-state index >= 15 is 0 Å². The highest BCUT2D eigenvalue weighted by Crippen LogP contribution is 1.89. The lowest BCUT2D eigenvalue weighted by molar-refractivity contribution is 0.923. The van der Waals surface area contributed by atoms with E-state index in [1.54, 1.807) is 6.21 Å². The molecule has 0 unspecified atom stereocenters. The molecule has 0 N–H and O–H groups in total. The number of nitrogens with zero attached hydrogens (tertiary/aromatic N) is 2. The van der Waals surface area contributed by atoms with E-state index in [1.807, 2.05) is 6.92 Å². The molecule has 0 radical (unpaired) electrons. The van der Waals surface area contributed by atoms with E-state index in [0.29, 0.717) is 0 Å². The van der Waals surface area contributed by atoms with E-state index in [1.165, 1.54) is 0 Å². The van der Waals surface area contributed by atoms with Crippen LogP contribution in [-0.2, 0) is 0 Å². The summed E-state index contributed by atoms with van der Waals surface area (Å²) in [6.45, 7) is 7.01. The monoisotopic (exact) mass is 140 g/mol. The molecule has 0 aliphatic heterocycles. The maximum absolute atomic E-state index is 4.27. The van der Waals surface area contributed by atoms with Crippen molar-refractivity contribution in [3.05, 3.63) is 0 Å². The molecule has 0 rings (SSSR count). The molecule has 0 spiro atoms. The Morgan fingerprint density at radius 1 is 1.40 bits per heavy atom.